The van der Waals surface area contributed by atoms with Crippen molar-refractivity contribution in [2.75, 3.05) is 27.2 Å². The summed E-state index contributed by atoms with van der Waals surface area (Å²) in [7, 11) is 4.27. The molecule has 0 spiro atoms. The highest BCUT2D eigenvalue weighted by molar-refractivity contribution is 5.88. The fourth-order valence-corrected chi connectivity index (χ4v) is 2.16. The molecule has 0 aliphatic carbocycles. The van der Waals surface area contributed by atoms with E-state index in [-0.39, 0.29) is 5.97 Å². The van der Waals surface area contributed by atoms with Crippen molar-refractivity contribution in [2.45, 2.75) is 13.0 Å². The van der Waals surface area contributed by atoms with Crippen LogP contribution in [0.4, 0.5) is 0 Å². The van der Waals surface area contributed by atoms with Crippen LogP contribution in [0.2, 0.25) is 0 Å². The standard InChI is InChI=1S/C15H20NO2/c1-16(2)10-6-9-14(11-16)15(17)18-12-13-7-4-3-5-8-13/h3-5,7-9H,6,10-12H2,1-2H3/q+1. The minimum Gasteiger partial charge on any atom is -0.457 e. The molecule has 1 aliphatic rings. The molecule has 1 aliphatic heterocycles. The van der Waals surface area contributed by atoms with Crippen LogP contribution in [0.15, 0.2) is 42.0 Å². The number of benzene rings is 1. The largest absolute Gasteiger partial charge is 0.457 e. The number of esters is 1. The number of hydrogen-bond acceptors (Lipinski definition) is 2. The summed E-state index contributed by atoms with van der Waals surface area (Å²) in [6.07, 6.45) is 2.96. The van der Waals surface area contributed by atoms with Crippen molar-refractivity contribution < 1.29 is 14.0 Å². The summed E-state index contributed by atoms with van der Waals surface area (Å²) in [5.74, 6) is -0.176. The molecule has 18 heavy (non-hydrogen) atoms. The monoisotopic (exact) mass is 246 g/mol. The summed E-state index contributed by atoms with van der Waals surface area (Å²) in [6, 6.07) is 9.77. The number of carbonyl (C=O) groups is 1. The van der Waals surface area contributed by atoms with Gasteiger partial charge in [-0.15, -0.1) is 0 Å². The Kier molecular flexibility index (Phi) is 3.82. The molecule has 0 unspecified atom stereocenters. The van der Waals surface area contributed by atoms with E-state index in [0.29, 0.717) is 6.61 Å². The van der Waals surface area contributed by atoms with Crippen LogP contribution in [0, 0.1) is 0 Å². The van der Waals surface area contributed by atoms with Crippen LogP contribution in [0.3, 0.4) is 0 Å². The molecule has 0 fully saturated rings. The maximum Gasteiger partial charge on any atom is 0.339 e. The van der Waals surface area contributed by atoms with Crippen molar-refractivity contribution in [2.24, 2.45) is 0 Å². The van der Waals surface area contributed by atoms with Crippen molar-refractivity contribution in [3.05, 3.63) is 47.5 Å². The summed E-state index contributed by atoms with van der Waals surface area (Å²) >= 11 is 0. The highest BCUT2D eigenvalue weighted by Crippen LogP contribution is 2.15. The Morgan fingerprint density at radius 1 is 1.28 bits per heavy atom. The number of nitrogens with zero attached hydrogens (tertiary/aromatic N) is 1. The van der Waals surface area contributed by atoms with E-state index in [4.69, 9.17) is 4.74 Å². The predicted octanol–water partition coefficient (Wildman–Crippen LogP) is 2.14. The molecule has 2 rings (SSSR count). The Labute approximate surface area is 108 Å². The van der Waals surface area contributed by atoms with Gasteiger partial charge in [0.15, 0.2) is 0 Å². The summed E-state index contributed by atoms with van der Waals surface area (Å²) in [4.78, 5) is 12.0. The second kappa shape index (κ2) is 5.36. The summed E-state index contributed by atoms with van der Waals surface area (Å²) in [6.45, 7) is 2.19. The van der Waals surface area contributed by atoms with Crippen molar-refractivity contribution in [3.63, 3.8) is 0 Å². The van der Waals surface area contributed by atoms with Gasteiger partial charge in [0.1, 0.15) is 13.2 Å². The molecule has 0 saturated carbocycles. The van der Waals surface area contributed by atoms with Gasteiger partial charge in [0, 0.05) is 6.42 Å². The molecule has 0 saturated heterocycles. The molecule has 0 amide bonds. The molecular formula is C15H20NO2+. The lowest BCUT2D eigenvalue weighted by atomic mass is 10.1. The number of likely N-dealkylation sites (N-methyl/N-ethyl adjacent to an activating group) is 1. The fourth-order valence-electron chi connectivity index (χ4n) is 2.16. The molecule has 96 valence electrons. The highest BCUT2D eigenvalue weighted by atomic mass is 16.5. The number of carbonyl (C=O) groups excluding carboxylic acids is 1. The van der Waals surface area contributed by atoms with Crippen LogP contribution in [0.5, 0.6) is 0 Å². The van der Waals surface area contributed by atoms with Gasteiger partial charge in [-0.1, -0.05) is 36.4 Å². The van der Waals surface area contributed by atoms with E-state index in [2.05, 4.69) is 14.1 Å². The van der Waals surface area contributed by atoms with Crippen molar-refractivity contribution in [1.82, 2.24) is 0 Å². The van der Waals surface area contributed by atoms with Gasteiger partial charge in [0.25, 0.3) is 0 Å². The highest BCUT2D eigenvalue weighted by Gasteiger charge is 2.26. The van der Waals surface area contributed by atoms with Crippen LogP contribution < -0.4 is 0 Å². The van der Waals surface area contributed by atoms with Gasteiger partial charge >= 0.3 is 5.97 Å². The molecule has 3 nitrogen and oxygen atoms in total. The lowest BCUT2D eigenvalue weighted by molar-refractivity contribution is -0.886. The summed E-state index contributed by atoms with van der Waals surface area (Å²) < 4.78 is 6.20. The second-order valence-electron chi connectivity index (χ2n) is 5.40. The van der Waals surface area contributed by atoms with Gasteiger partial charge < -0.3 is 9.22 Å². The van der Waals surface area contributed by atoms with Gasteiger partial charge in [-0.25, -0.2) is 4.79 Å². The Morgan fingerprint density at radius 2 is 2.00 bits per heavy atom. The van der Waals surface area contributed by atoms with Crippen molar-refractivity contribution >= 4 is 5.97 Å². The average Bonchev–Trinajstić information content (AvgIpc) is 2.36. The zero-order valence-electron chi connectivity index (χ0n) is 11.1. The topological polar surface area (TPSA) is 26.3 Å². The Hall–Kier alpha value is -1.61. The third-order valence-corrected chi connectivity index (χ3v) is 3.20. The molecule has 3 heteroatoms. The molecule has 0 bridgehead atoms. The van der Waals surface area contributed by atoms with Crippen LogP contribution in [-0.2, 0) is 16.1 Å². The Balaban J connectivity index is 1.91. The molecule has 0 atom stereocenters. The molecule has 1 heterocycles. The third-order valence-electron chi connectivity index (χ3n) is 3.20. The summed E-state index contributed by atoms with van der Waals surface area (Å²) in [5, 5.41) is 0. The molecular weight excluding hydrogens is 226 g/mol. The maximum absolute atomic E-state index is 12.0. The number of hydrogen-bond donors (Lipinski definition) is 0. The van der Waals surface area contributed by atoms with Gasteiger partial charge in [-0.05, 0) is 5.56 Å². The Morgan fingerprint density at radius 3 is 2.67 bits per heavy atom. The fraction of sp³-hybridized carbons (Fsp3) is 0.400. The van der Waals surface area contributed by atoms with Crippen LogP contribution >= 0.6 is 0 Å². The van der Waals surface area contributed by atoms with Crippen molar-refractivity contribution in [3.8, 4) is 0 Å². The first-order valence-corrected chi connectivity index (χ1v) is 6.29. The molecule has 0 radical (unpaired) electrons. The van der Waals surface area contributed by atoms with E-state index in [1.807, 2.05) is 36.4 Å². The first kappa shape index (κ1) is 12.8. The van der Waals surface area contributed by atoms with Crippen LogP contribution in [-0.4, -0.2) is 37.6 Å². The van der Waals surface area contributed by atoms with Gasteiger partial charge in [-0.3, -0.25) is 0 Å². The summed E-state index contributed by atoms with van der Waals surface area (Å²) in [5.41, 5.74) is 1.83. The molecule has 1 aromatic carbocycles. The van der Waals surface area contributed by atoms with E-state index in [9.17, 15) is 4.79 Å². The lowest BCUT2D eigenvalue weighted by Crippen LogP contribution is -2.45. The van der Waals surface area contributed by atoms with Crippen LogP contribution in [0.1, 0.15) is 12.0 Å². The minimum atomic E-state index is -0.176. The molecule has 1 aromatic rings. The first-order valence-electron chi connectivity index (χ1n) is 6.29. The number of ether oxygens (including phenoxy) is 1. The number of quaternary nitrogens is 1. The van der Waals surface area contributed by atoms with E-state index >= 15 is 0 Å². The van der Waals surface area contributed by atoms with Gasteiger partial charge in [0.05, 0.1) is 26.2 Å². The van der Waals surface area contributed by atoms with Crippen LogP contribution in [0.25, 0.3) is 0 Å². The third kappa shape index (κ3) is 3.44. The minimum absolute atomic E-state index is 0.176. The smallest absolute Gasteiger partial charge is 0.339 e. The van der Waals surface area contributed by atoms with Crippen molar-refractivity contribution in [1.29, 1.82) is 0 Å². The molecule has 0 N–H and O–H groups in total. The average molecular weight is 246 g/mol. The van der Waals surface area contributed by atoms with Gasteiger partial charge in [0.2, 0.25) is 0 Å². The Bertz CT molecular complexity index is 449. The molecule has 0 aromatic heterocycles. The van der Waals surface area contributed by atoms with Gasteiger partial charge in [-0.2, -0.15) is 0 Å². The van der Waals surface area contributed by atoms with E-state index in [1.54, 1.807) is 0 Å². The first-order chi connectivity index (χ1) is 8.57. The normalized spacial score (nSPS) is 18.0. The van der Waals surface area contributed by atoms with E-state index in [0.717, 1.165) is 35.1 Å². The quantitative estimate of drug-likeness (QED) is 0.603. The predicted molar refractivity (Wildman–Crippen MR) is 70.8 cm³/mol. The number of rotatable bonds is 3. The lowest BCUT2D eigenvalue weighted by Gasteiger charge is -2.32. The SMILES string of the molecule is C[N+]1(C)CCC=C(C(=O)OCc2ccccc2)C1. The maximum atomic E-state index is 12.0. The van der Waals surface area contributed by atoms with E-state index < -0.39 is 0 Å². The zero-order chi connectivity index (χ0) is 13.0. The second-order valence-corrected chi connectivity index (χ2v) is 5.40. The zero-order valence-corrected chi connectivity index (χ0v) is 11.1. The van der Waals surface area contributed by atoms with E-state index in [1.165, 1.54) is 0 Å².